The topological polar surface area (TPSA) is 69.0 Å². The van der Waals surface area contributed by atoms with E-state index in [0.29, 0.717) is 17.0 Å². The second-order valence-electron chi connectivity index (χ2n) is 7.80. The van der Waals surface area contributed by atoms with Gasteiger partial charge in [0.1, 0.15) is 11.4 Å². The van der Waals surface area contributed by atoms with Gasteiger partial charge in [0.2, 0.25) is 0 Å². The van der Waals surface area contributed by atoms with Gasteiger partial charge in [-0.25, -0.2) is 4.98 Å². The molecule has 0 unspecified atom stereocenters. The van der Waals surface area contributed by atoms with E-state index in [1.807, 2.05) is 10.9 Å². The molecule has 1 N–H and O–H groups in total. The number of methoxy groups -OCH3 is 1. The van der Waals surface area contributed by atoms with Gasteiger partial charge in [-0.05, 0) is 31.0 Å². The monoisotopic (exact) mass is 476 g/mol. The van der Waals surface area contributed by atoms with Crippen molar-refractivity contribution in [1.29, 1.82) is 0 Å². The molecule has 12 heteroatoms. The summed E-state index contributed by atoms with van der Waals surface area (Å²) in [5.74, 6) is -0.852. The normalized spacial score (nSPS) is 17.6. The molecule has 1 fully saturated rings. The minimum Gasteiger partial charge on any atom is -0.494 e. The maximum Gasteiger partial charge on any atom is 0.325 e. The Morgan fingerprint density at radius 3 is 2.50 bits per heavy atom. The molecule has 0 radical (unpaired) electrons. The van der Waals surface area contributed by atoms with Crippen molar-refractivity contribution in [1.82, 2.24) is 14.8 Å². The minimum atomic E-state index is -10.0. The molecule has 3 aromatic rings. The van der Waals surface area contributed by atoms with Crippen LogP contribution in [0.5, 0.6) is 5.75 Å². The van der Waals surface area contributed by atoms with Gasteiger partial charge in [0.05, 0.1) is 24.4 Å². The number of ether oxygens (including phenoxy) is 1. The molecule has 6 nitrogen and oxygen atoms in total. The fourth-order valence-electron chi connectivity index (χ4n) is 3.81. The van der Waals surface area contributed by atoms with E-state index in [9.17, 15) is 24.2 Å². The Bertz CT molecular complexity index is 1190. The van der Waals surface area contributed by atoms with Gasteiger partial charge in [0.25, 0.3) is 5.91 Å². The zero-order valence-corrected chi connectivity index (χ0v) is 17.8. The van der Waals surface area contributed by atoms with E-state index in [1.54, 1.807) is 12.1 Å². The van der Waals surface area contributed by atoms with Crippen molar-refractivity contribution in [2.24, 2.45) is 0 Å². The lowest BCUT2D eigenvalue weighted by Gasteiger charge is -2.39. The second-order valence-corrected chi connectivity index (χ2v) is 10.2. The first-order valence-electron chi connectivity index (χ1n) is 9.93. The molecule has 1 saturated carbocycles. The highest BCUT2D eigenvalue weighted by atomic mass is 32.5. The number of hydrogen-bond donors (Lipinski definition) is 1. The summed E-state index contributed by atoms with van der Waals surface area (Å²) in [7, 11) is -8.65. The summed E-state index contributed by atoms with van der Waals surface area (Å²) >= 11 is 0. The molecule has 0 spiro atoms. The van der Waals surface area contributed by atoms with Crippen molar-refractivity contribution in [3.63, 3.8) is 0 Å². The van der Waals surface area contributed by atoms with Crippen LogP contribution in [0, 0.1) is 0 Å². The number of anilines is 1. The van der Waals surface area contributed by atoms with Crippen LogP contribution in [-0.2, 0) is 0 Å². The summed E-state index contributed by atoms with van der Waals surface area (Å²) in [5.41, 5.74) is -0.00463. The number of nitrogens with one attached hydrogen (secondary N) is 1. The third kappa shape index (κ3) is 4.64. The Labute approximate surface area is 180 Å². The van der Waals surface area contributed by atoms with Gasteiger partial charge in [-0.1, -0.05) is 44.8 Å². The second kappa shape index (κ2) is 7.06. The maximum absolute atomic E-state index is 13.0. The number of rotatable bonds is 5. The quantitative estimate of drug-likeness (QED) is 0.409. The molecule has 0 saturated heterocycles. The van der Waals surface area contributed by atoms with Crippen LogP contribution < -0.4 is 10.1 Å². The van der Waals surface area contributed by atoms with Crippen LogP contribution in [0.2, 0.25) is 0 Å². The average molecular weight is 476 g/mol. The molecule has 32 heavy (non-hydrogen) atoms. The van der Waals surface area contributed by atoms with Crippen LogP contribution in [0.15, 0.2) is 41.6 Å². The highest BCUT2D eigenvalue weighted by Crippen LogP contribution is 3.01. The average Bonchev–Trinajstić information content (AvgIpc) is 3.15. The summed E-state index contributed by atoms with van der Waals surface area (Å²) in [4.78, 5) is 15.4. The lowest BCUT2D eigenvalue weighted by atomic mass is 9.96. The highest BCUT2D eigenvalue weighted by molar-refractivity contribution is 8.45. The number of halogens is 5. The van der Waals surface area contributed by atoms with Crippen LogP contribution in [0.1, 0.15) is 48.6 Å². The minimum absolute atomic E-state index is 0.143. The number of carbonyl (C=O) groups excluding carboxylic acids is 1. The summed E-state index contributed by atoms with van der Waals surface area (Å²) in [6.07, 6.45) is 7.31. The SMILES string of the molecule is COc1cc2nn(C3CCCCC3)cc2cc1NC(=O)c1cccc(S(F)(F)(F)(F)F)n1. The maximum atomic E-state index is 13.0. The van der Waals surface area contributed by atoms with Crippen LogP contribution in [0.25, 0.3) is 10.9 Å². The lowest BCUT2D eigenvalue weighted by molar-refractivity contribution is 0.102. The van der Waals surface area contributed by atoms with Gasteiger partial charge in [-0.3, -0.25) is 9.48 Å². The number of fused-ring (bicyclic) bond motifs is 1. The van der Waals surface area contributed by atoms with Crippen LogP contribution >= 0.6 is 10.2 Å². The number of aromatic nitrogens is 3. The molecule has 0 atom stereocenters. The number of carbonyl (C=O) groups is 1. The molecule has 4 rings (SSSR count). The van der Waals surface area contributed by atoms with Gasteiger partial charge in [0.15, 0.2) is 5.03 Å². The van der Waals surface area contributed by atoms with Gasteiger partial charge in [0, 0.05) is 17.6 Å². The van der Waals surface area contributed by atoms with Crippen LogP contribution in [0.4, 0.5) is 25.1 Å². The first kappa shape index (κ1) is 22.3. The standard InChI is InChI=1S/C20H21F5N4O2S/c1-31-18-11-16-13(12-29(28-16)14-6-3-2-4-7-14)10-17(18)27-20(30)15-8-5-9-19(26-15)32(21,22,23,24)25/h5,8-12,14H,2-4,6-7H2,1H3,(H,27,30). The van der Waals surface area contributed by atoms with Gasteiger partial charge < -0.3 is 10.1 Å². The third-order valence-electron chi connectivity index (χ3n) is 5.39. The van der Waals surface area contributed by atoms with Crippen molar-refractivity contribution in [2.45, 2.75) is 43.2 Å². The molecule has 2 heterocycles. The Balaban J connectivity index is 1.64. The summed E-state index contributed by atoms with van der Waals surface area (Å²) in [6.45, 7) is 0. The molecule has 2 aromatic heterocycles. The number of amides is 1. The molecular weight excluding hydrogens is 455 g/mol. The van der Waals surface area contributed by atoms with E-state index in [1.165, 1.54) is 13.5 Å². The van der Waals surface area contributed by atoms with Gasteiger partial charge in [-0.2, -0.15) is 5.10 Å². The molecule has 1 aromatic carbocycles. The van der Waals surface area contributed by atoms with Crippen molar-refractivity contribution < 1.29 is 29.0 Å². The summed E-state index contributed by atoms with van der Waals surface area (Å²) < 4.78 is 72.4. The first-order valence-corrected chi connectivity index (χ1v) is 11.9. The Morgan fingerprint density at radius 2 is 1.84 bits per heavy atom. The zero-order chi connectivity index (χ0) is 23.2. The summed E-state index contributed by atoms with van der Waals surface area (Å²) in [6, 6.07) is 5.23. The largest absolute Gasteiger partial charge is 0.494 e. The van der Waals surface area contributed by atoms with Crippen molar-refractivity contribution in [3.05, 3.63) is 42.2 Å². The fraction of sp³-hybridized carbons (Fsp3) is 0.350. The van der Waals surface area contributed by atoms with E-state index in [4.69, 9.17) is 4.74 Å². The zero-order valence-electron chi connectivity index (χ0n) is 17.0. The third-order valence-corrected chi connectivity index (χ3v) is 6.41. The number of benzene rings is 1. The molecule has 0 aliphatic heterocycles. The highest BCUT2D eigenvalue weighted by Gasteiger charge is 2.67. The Morgan fingerprint density at radius 1 is 1.12 bits per heavy atom. The molecule has 1 aliphatic carbocycles. The molecule has 1 amide bonds. The number of pyridine rings is 1. The van der Waals surface area contributed by atoms with Crippen molar-refractivity contribution in [2.75, 3.05) is 12.4 Å². The predicted octanol–water partition coefficient (Wildman–Crippen LogP) is 6.85. The van der Waals surface area contributed by atoms with E-state index >= 15 is 0 Å². The van der Waals surface area contributed by atoms with Gasteiger partial charge >= 0.3 is 10.2 Å². The Hall–Kier alpha value is -2.89. The first-order chi connectivity index (χ1) is 14.8. The smallest absolute Gasteiger partial charge is 0.325 e. The number of nitrogens with zero attached hydrogens (tertiary/aromatic N) is 3. The summed E-state index contributed by atoms with van der Waals surface area (Å²) in [5, 5.41) is 5.31. The van der Waals surface area contributed by atoms with Crippen LogP contribution in [-0.4, -0.2) is 27.8 Å². The van der Waals surface area contributed by atoms with E-state index in [0.717, 1.165) is 31.7 Å². The lowest BCUT2D eigenvalue weighted by Crippen LogP contribution is -2.17. The molecular formula is C20H21F5N4O2S. The van der Waals surface area contributed by atoms with E-state index in [2.05, 4.69) is 15.4 Å². The fourth-order valence-corrected chi connectivity index (χ4v) is 4.42. The van der Waals surface area contributed by atoms with E-state index in [-0.39, 0.29) is 23.5 Å². The molecule has 0 bridgehead atoms. The van der Waals surface area contributed by atoms with Crippen molar-refractivity contribution >= 4 is 32.7 Å². The molecule has 1 aliphatic rings. The Kier molecular flexibility index (Phi) is 4.92. The van der Waals surface area contributed by atoms with Gasteiger partial charge in [-0.15, -0.1) is 0 Å². The predicted molar refractivity (Wildman–Crippen MR) is 112 cm³/mol. The van der Waals surface area contributed by atoms with Crippen LogP contribution in [0.3, 0.4) is 0 Å². The number of hydrogen-bond acceptors (Lipinski definition) is 4. The van der Waals surface area contributed by atoms with Crippen molar-refractivity contribution in [3.8, 4) is 5.75 Å². The van der Waals surface area contributed by atoms with E-state index < -0.39 is 26.9 Å². The molecule has 174 valence electrons.